The first-order valence-electron chi connectivity index (χ1n) is 6.23. The van der Waals surface area contributed by atoms with Crippen molar-refractivity contribution in [1.82, 2.24) is 9.97 Å². The van der Waals surface area contributed by atoms with Crippen molar-refractivity contribution in [2.75, 3.05) is 0 Å². The van der Waals surface area contributed by atoms with Gasteiger partial charge in [0.05, 0.1) is 21.3 Å². The minimum atomic E-state index is 0.589. The average Bonchev–Trinajstić information content (AvgIpc) is 2.81. The number of aromatic nitrogens is 2. The van der Waals surface area contributed by atoms with Crippen LogP contribution in [0.2, 0.25) is 10.0 Å². The minimum Gasteiger partial charge on any atom is -0.341 e. The highest BCUT2D eigenvalue weighted by Crippen LogP contribution is 2.34. The van der Waals surface area contributed by atoms with E-state index in [0.29, 0.717) is 15.9 Å². The zero-order valence-electron chi connectivity index (χ0n) is 10.8. The van der Waals surface area contributed by atoms with Gasteiger partial charge in [0.25, 0.3) is 0 Å². The smallest absolute Gasteiger partial charge is 0.141 e. The molecule has 3 aromatic rings. The molecular formula is C16H12Cl2N2. The predicted octanol–water partition coefficient (Wildman–Crippen LogP) is 5.36. The summed E-state index contributed by atoms with van der Waals surface area (Å²) < 4.78 is 0. The molecular weight excluding hydrogens is 291 g/mol. The average molecular weight is 303 g/mol. The number of hydrogen-bond donors (Lipinski definition) is 1. The quantitative estimate of drug-likeness (QED) is 0.678. The Hall–Kier alpha value is -1.77. The molecule has 0 amide bonds. The van der Waals surface area contributed by atoms with Crippen molar-refractivity contribution in [1.29, 1.82) is 0 Å². The Morgan fingerprint density at radius 3 is 2.20 bits per heavy atom. The van der Waals surface area contributed by atoms with Crippen LogP contribution in [0.25, 0.3) is 22.6 Å². The van der Waals surface area contributed by atoms with Gasteiger partial charge in [-0.05, 0) is 19.1 Å². The van der Waals surface area contributed by atoms with Gasteiger partial charge in [-0.1, -0.05) is 59.6 Å². The van der Waals surface area contributed by atoms with Gasteiger partial charge in [-0.15, -0.1) is 0 Å². The molecule has 4 heteroatoms. The van der Waals surface area contributed by atoms with Crippen LogP contribution in [0.4, 0.5) is 0 Å². The van der Waals surface area contributed by atoms with E-state index in [1.54, 1.807) is 0 Å². The number of benzene rings is 2. The summed E-state index contributed by atoms with van der Waals surface area (Å²) in [6.07, 6.45) is 0. The minimum absolute atomic E-state index is 0.589. The first kappa shape index (κ1) is 13.2. The van der Waals surface area contributed by atoms with Crippen molar-refractivity contribution in [3.8, 4) is 22.6 Å². The maximum atomic E-state index is 6.23. The van der Waals surface area contributed by atoms with Gasteiger partial charge in [0, 0.05) is 11.3 Å². The third-order valence-corrected chi connectivity index (χ3v) is 3.76. The molecule has 20 heavy (non-hydrogen) atoms. The van der Waals surface area contributed by atoms with E-state index in [1.807, 2.05) is 55.5 Å². The third kappa shape index (κ3) is 2.33. The van der Waals surface area contributed by atoms with E-state index in [0.717, 1.165) is 22.5 Å². The lowest BCUT2D eigenvalue weighted by Gasteiger charge is -2.02. The molecule has 2 aromatic carbocycles. The molecule has 0 saturated heterocycles. The number of rotatable bonds is 2. The van der Waals surface area contributed by atoms with Crippen LogP contribution in [0.3, 0.4) is 0 Å². The number of nitrogens with one attached hydrogen (secondary N) is 1. The monoisotopic (exact) mass is 302 g/mol. The lowest BCUT2D eigenvalue weighted by molar-refractivity contribution is 1.26. The van der Waals surface area contributed by atoms with Gasteiger partial charge >= 0.3 is 0 Å². The molecule has 0 aliphatic carbocycles. The second-order valence-corrected chi connectivity index (χ2v) is 5.34. The molecule has 2 nitrogen and oxygen atoms in total. The van der Waals surface area contributed by atoms with E-state index in [9.17, 15) is 0 Å². The highest BCUT2D eigenvalue weighted by Gasteiger charge is 2.15. The van der Waals surface area contributed by atoms with Gasteiger partial charge in [0.1, 0.15) is 5.82 Å². The van der Waals surface area contributed by atoms with Crippen molar-refractivity contribution in [2.24, 2.45) is 0 Å². The van der Waals surface area contributed by atoms with Gasteiger partial charge in [0.2, 0.25) is 0 Å². The lowest BCUT2D eigenvalue weighted by atomic mass is 10.1. The summed E-state index contributed by atoms with van der Waals surface area (Å²) in [6, 6.07) is 15.5. The Balaban J connectivity index is 2.15. The van der Waals surface area contributed by atoms with E-state index in [1.165, 1.54) is 0 Å². The molecule has 1 aromatic heterocycles. The molecule has 0 fully saturated rings. The van der Waals surface area contributed by atoms with Crippen LogP contribution in [-0.4, -0.2) is 9.97 Å². The third-order valence-electron chi connectivity index (χ3n) is 3.13. The highest BCUT2D eigenvalue weighted by molar-refractivity contribution is 6.39. The van der Waals surface area contributed by atoms with Crippen molar-refractivity contribution in [3.05, 3.63) is 64.3 Å². The summed E-state index contributed by atoms with van der Waals surface area (Å²) in [5.41, 5.74) is 3.70. The largest absolute Gasteiger partial charge is 0.341 e. The number of hydrogen-bond acceptors (Lipinski definition) is 1. The van der Waals surface area contributed by atoms with E-state index >= 15 is 0 Å². The van der Waals surface area contributed by atoms with Gasteiger partial charge in [-0.3, -0.25) is 0 Å². The second-order valence-electron chi connectivity index (χ2n) is 4.52. The Labute approximate surface area is 127 Å². The maximum Gasteiger partial charge on any atom is 0.141 e. The molecule has 1 heterocycles. The molecule has 0 aliphatic heterocycles. The van der Waals surface area contributed by atoms with Crippen LogP contribution in [0.15, 0.2) is 48.5 Å². The van der Waals surface area contributed by atoms with Crippen LogP contribution in [0, 0.1) is 6.92 Å². The van der Waals surface area contributed by atoms with Crippen molar-refractivity contribution < 1.29 is 0 Å². The number of halogens is 2. The summed E-state index contributed by atoms with van der Waals surface area (Å²) in [6.45, 7) is 1.99. The fourth-order valence-electron chi connectivity index (χ4n) is 2.18. The van der Waals surface area contributed by atoms with Crippen LogP contribution < -0.4 is 0 Å². The number of imidazole rings is 1. The van der Waals surface area contributed by atoms with Crippen LogP contribution in [-0.2, 0) is 0 Å². The molecule has 1 N–H and O–H groups in total. The van der Waals surface area contributed by atoms with Gasteiger partial charge in [-0.25, -0.2) is 4.98 Å². The Morgan fingerprint density at radius 1 is 0.900 bits per heavy atom. The maximum absolute atomic E-state index is 6.23. The molecule has 0 atom stereocenters. The topological polar surface area (TPSA) is 28.7 Å². The standard InChI is InChI=1S/C16H12Cl2N2/c1-10-15(11-6-3-2-4-7-11)20-16(19-10)14-12(17)8-5-9-13(14)18/h2-9H,1H3,(H,19,20). The molecule has 0 radical (unpaired) electrons. The molecule has 100 valence electrons. The fourth-order valence-corrected chi connectivity index (χ4v) is 2.76. The summed E-state index contributed by atoms with van der Waals surface area (Å²) in [7, 11) is 0. The second kappa shape index (κ2) is 5.31. The number of aryl methyl sites for hydroxylation is 1. The summed E-state index contributed by atoms with van der Waals surface area (Å²) in [4.78, 5) is 7.91. The first-order valence-corrected chi connectivity index (χ1v) is 6.99. The molecule has 3 rings (SSSR count). The van der Waals surface area contributed by atoms with E-state index < -0.39 is 0 Å². The van der Waals surface area contributed by atoms with Crippen molar-refractivity contribution in [2.45, 2.75) is 6.92 Å². The van der Waals surface area contributed by atoms with E-state index in [-0.39, 0.29) is 0 Å². The summed E-state index contributed by atoms with van der Waals surface area (Å²) in [5.74, 6) is 0.692. The summed E-state index contributed by atoms with van der Waals surface area (Å²) in [5, 5.41) is 1.18. The Kier molecular flexibility index (Phi) is 3.51. The van der Waals surface area contributed by atoms with Crippen molar-refractivity contribution >= 4 is 23.2 Å². The van der Waals surface area contributed by atoms with Gasteiger partial charge in [0.15, 0.2) is 0 Å². The number of nitrogens with zero attached hydrogens (tertiary/aromatic N) is 1. The molecule has 0 bridgehead atoms. The molecule has 0 saturated carbocycles. The van der Waals surface area contributed by atoms with Gasteiger partial charge in [-0.2, -0.15) is 0 Å². The molecule has 0 aliphatic rings. The van der Waals surface area contributed by atoms with E-state index in [2.05, 4.69) is 9.97 Å². The SMILES string of the molecule is Cc1[nH]c(-c2c(Cl)cccc2Cl)nc1-c1ccccc1. The lowest BCUT2D eigenvalue weighted by Crippen LogP contribution is -1.84. The van der Waals surface area contributed by atoms with Gasteiger partial charge < -0.3 is 4.98 Å². The Bertz CT molecular complexity index is 728. The van der Waals surface area contributed by atoms with Crippen LogP contribution in [0.1, 0.15) is 5.69 Å². The van der Waals surface area contributed by atoms with Crippen molar-refractivity contribution in [3.63, 3.8) is 0 Å². The first-order chi connectivity index (χ1) is 9.66. The number of H-pyrrole nitrogens is 1. The predicted molar refractivity (Wildman–Crippen MR) is 84.2 cm³/mol. The molecule has 0 spiro atoms. The fraction of sp³-hybridized carbons (Fsp3) is 0.0625. The molecule has 0 unspecified atom stereocenters. The summed E-state index contributed by atoms with van der Waals surface area (Å²) >= 11 is 12.5. The highest BCUT2D eigenvalue weighted by atomic mass is 35.5. The normalized spacial score (nSPS) is 10.8. The van der Waals surface area contributed by atoms with E-state index in [4.69, 9.17) is 23.2 Å². The zero-order valence-corrected chi connectivity index (χ0v) is 12.3. The van der Waals surface area contributed by atoms with Crippen LogP contribution in [0.5, 0.6) is 0 Å². The van der Waals surface area contributed by atoms with Crippen LogP contribution >= 0.6 is 23.2 Å². The number of aromatic amines is 1. The zero-order chi connectivity index (χ0) is 14.1. The Morgan fingerprint density at radius 2 is 1.55 bits per heavy atom.